The van der Waals surface area contributed by atoms with E-state index in [9.17, 15) is 0 Å². The van der Waals surface area contributed by atoms with Gasteiger partial charge in [-0.05, 0) is 0 Å². The maximum Gasteiger partial charge on any atom is 2.00 e. The van der Waals surface area contributed by atoms with Crippen molar-refractivity contribution < 1.29 is 83.8 Å². The quantitative estimate of drug-likeness (QED) is 0.505. The molecule has 9 heavy (non-hydrogen) atoms. The van der Waals surface area contributed by atoms with Gasteiger partial charge in [-0.1, -0.05) is 0 Å². The van der Waals surface area contributed by atoms with Gasteiger partial charge in [0.15, 0.2) is 0 Å². The van der Waals surface area contributed by atoms with Gasteiger partial charge < -0.3 is 32.9 Å². The topological polar surface area (TPSA) is 180 Å². The summed E-state index contributed by atoms with van der Waals surface area (Å²) in [6.45, 7) is 0. The Balaban J connectivity index is 0. The summed E-state index contributed by atoms with van der Waals surface area (Å²) in [7, 11) is 0. The Morgan fingerprint density at radius 2 is 0.333 bits per heavy atom. The van der Waals surface area contributed by atoms with Gasteiger partial charge in [-0.3, -0.25) is 0 Å². The van der Waals surface area contributed by atoms with E-state index < -0.39 is 0 Å². The Bertz CT molecular complexity index is 11.0. The van der Waals surface area contributed by atoms with Crippen molar-refractivity contribution >= 4 is 0 Å². The Labute approximate surface area is 83.8 Å². The second-order valence-corrected chi connectivity index (χ2v) is 0. The van der Waals surface area contributed by atoms with E-state index in [0.717, 1.165) is 0 Å². The SMILES string of the molecule is [Co+2].[Mn+2].[Mn+2].[OH-].[OH-].[OH-].[OH-].[OH-].[OH-]. The molecule has 0 aliphatic rings. The average molecular weight is 271 g/mol. The van der Waals surface area contributed by atoms with Gasteiger partial charge in [0.25, 0.3) is 0 Å². The molecular formula is H6CoMn2O6. The van der Waals surface area contributed by atoms with Gasteiger partial charge in [0.05, 0.1) is 0 Å². The first-order chi connectivity index (χ1) is 0. The third kappa shape index (κ3) is 291. The molecular weight excluding hydrogens is 265 g/mol. The number of rotatable bonds is 0. The van der Waals surface area contributed by atoms with Gasteiger partial charge in [0.2, 0.25) is 0 Å². The molecule has 0 spiro atoms. The molecule has 0 heterocycles. The molecule has 0 amide bonds. The summed E-state index contributed by atoms with van der Waals surface area (Å²) in [5.41, 5.74) is 0. The van der Waals surface area contributed by atoms with Crippen LogP contribution in [0, 0.1) is 0 Å². The van der Waals surface area contributed by atoms with Crippen LogP contribution >= 0.6 is 0 Å². The molecule has 0 rings (SSSR count). The van der Waals surface area contributed by atoms with E-state index in [1.807, 2.05) is 0 Å². The molecule has 0 unspecified atom stereocenters. The zero-order valence-corrected chi connectivity index (χ0v) is 7.17. The van der Waals surface area contributed by atoms with Crippen LogP contribution in [0.1, 0.15) is 0 Å². The third-order valence-electron chi connectivity index (χ3n) is 0. The van der Waals surface area contributed by atoms with E-state index in [-0.39, 0.29) is 83.8 Å². The van der Waals surface area contributed by atoms with Crippen LogP contribution in [0.25, 0.3) is 0 Å². The fourth-order valence-electron chi connectivity index (χ4n) is 0. The fraction of sp³-hybridized carbons (Fsp3) is 0. The Morgan fingerprint density at radius 3 is 0.333 bits per heavy atom. The molecule has 3 radical (unpaired) electrons. The van der Waals surface area contributed by atoms with Crippen LogP contribution in [0.3, 0.4) is 0 Å². The van der Waals surface area contributed by atoms with Crippen molar-refractivity contribution in [1.29, 1.82) is 0 Å². The number of hydrogen-bond donors (Lipinski definition) is 0. The van der Waals surface area contributed by atoms with Gasteiger partial charge in [0, 0.05) is 0 Å². The molecule has 0 saturated heterocycles. The van der Waals surface area contributed by atoms with Crippen molar-refractivity contribution in [2.75, 3.05) is 0 Å². The summed E-state index contributed by atoms with van der Waals surface area (Å²) < 4.78 is 0. The molecule has 0 bridgehead atoms. The van der Waals surface area contributed by atoms with Gasteiger partial charge >= 0.3 is 50.9 Å². The van der Waals surface area contributed by atoms with E-state index in [4.69, 9.17) is 0 Å². The first-order valence-electron chi connectivity index (χ1n) is 0. The zero-order valence-electron chi connectivity index (χ0n) is 3.77. The largest absolute Gasteiger partial charge is 2.00 e. The molecule has 65 valence electrons. The molecule has 0 atom stereocenters. The molecule has 9 heteroatoms. The second-order valence-electron chi connectivity index (χ2n) is 0. The van der Waals surface area contributed by atoms with Gasteiger partial charge in [0.1, 0.15) is 0 Å². The molecule has 0 aliphatic heterocycles. The predicted molar refractivity (Wildman–Crippen MR) is 11.6 cm³/mol. The smallest absolute Gasteiger partial charge is 0.870 e. The summed E-state index contributed by atoms with van der Waals surface area (Å²) in [6.07, 6.45) is 0. The summed E-state index contributed by atoms with van der Waals surface area (Å²) in [6, 6.07) is 0. The van der Waals surface area contributed by atoms with E-state index in [0.29, 0.717) is 0 Å². The molecule has 6 nitrogen and oxygen atoms in total. The van der Waals surface area contributed by atoms with Crippen molar-refractivity contribution in [3.63, 3.8) is 0 Å². The van der Waals surface area contributed by atoms with Crippen molar-refractivity contribution in [2.24, 2.45) is 0 Å². The van der Waals surface area contributed by atoms with Crippen LogP contribution in [0.15, 0.2) is 0 Å². The van der Waals surface area contributed by atoms with Crippen LogP contribution in [-0.4, -0.2) is 32.9 Å². The van der Waals surface area contributed by atoms with E-state index in [1.54, 1.807) is 0 Å². The first-order valence-corrected chi connectivity index (χ1v) is 0. The summed E-state index contributed by atoms with van der Waals surface area (Å²) in [5.74, 6) is 0. The monoisotopic (exact) mass is 271 g/mol. The van der Waals surface area contributed by atoms with Crippen LogP contribution in [0.4, 0.5) is 0 Å². The normalized spacial score (nSPS) is 0. The molecule has 0 aromatic heterocycles. The molecule has 0 aliphatic carbocycles. The summed E-state index contributed by atoms with van der Waals surface area (Å²) >= 11 is 0. The Hall–Kier alpha value is 1.31. The molecule has 0 fully saturated rings. The van der Waals surface area contributed by atoms with Crippen LogP contribution < -0.4 is 0 Å². The van der Waals surface area contributed by atoms with Crippen molar-refractivity contribution in [3.8, 4) is 0 Å². The maximum atomic E-state index is 0. The zero-order chi connectivity index (χ0) is 0. The van der Waals surface area contributed by atoms with Crippen molar-refractivity contribution in [3.05, 3.63) is 0 Å². The van der Waals surface area contributed by atoms with Gasteiger partial charge in [-0.25, -0.2) is 0 Å². The van der Waals surface area contributed by atoms with Gasteiger partial charge in [-0.2, -0.15) is 0 Å². The minimum atomic E-state index is 0. The molecule has 0 aromatic rings. The third-order valence-corrected chi connectivity index (χ3v) is 0. The Morgan fingerprint density at radius 1 is 0.333 bits per heavy atom. The minimum absolute atomic E-state index is 0. The van der Waals surface area contributed by atoms with E-state index >= 15 is 0 Å². The standard InChI is InChI=1S/Co.2Mn.6H2O/h;;;6*1H2/q3*+2;;;;;;/p-6. The van der Waals surface area contributed by atoms with Crippen LogP contribution in [-0.2, 0) is 50.9 Å². The van der Waals surface area contributed by atoms with Crippen LogP contribution in [0.2, 0.25) is 0 Å². The molecule has 0 saturated carbocycles. The predicted octanol–water partition coefficient (Wildman–Crippen LogP) is -1.07. The first kappa shape index (κ1) is 524. The van der Waals surface area contributed by atoms with Crippen LogP contribution in [0.5, 0.6) is 0 Å². The fourth-order valence-corrected chi connectivity index (χ4v) is 0. The summed E-state index contributed by atoms with van der Waals surface area (Å²) in [5, 5.41) is 0. The van der Waals surface area contributed by atoms with E-state index in [2.05, 4.69) is 0 Å². The maximum absolute atomic E-state index is 0. The Kier molecular flexibility index (Phi) is 21900. The minimum Gasteiger partial charge on any atom is -0.870 e. The van der Waals surface area contributed by atoms with Gasteiger partial charge in [-0.15, -0.1) is 0 Å². The van der Waals surface area contributed by atoms with Crippen molar-refractivity contribution in [2.45, 2.75) is 0 Å². The molecule has 6 N–H and O–H groups in total. The summed E-state index contributed by atoms with van der Waals surface area (Å²) in [4.78, 5) is 0. The second kappa shape index (κ2) is 377. The van der Waals surface area contributed by atoms with Crippen molar-refractivity contribution in [1.82, 2.24) is 0 Å². The average Bonchev–Trinajstić information content (AvgIpc) is 0. The van der Waals surface area contributed by atoms with E-state index in [1.165, 1.54) is 0 Å². The number of hydrogen-bond acceptors (Lipinski definition) is 6. The molecule has 0 aromatic carbocycles.